The number of hydrogen-bond acceptors (Lipinski definition) is 5. The summed E-state index contributed by atoms with van der Waals surface area (Å²) in [5, 5.41) is 8.81. The summed E-state index contributed by atoms with van der Waals surface area (Å²) in [5.41, 5.74) is 1.36. The molecule has 20 heavy (non-hydrogen) atoms. The lowest BCUT2D eigenvalue weighted by Gasteiger charge is -2.07. The highest BCUT2D eigenvalue weighted by molar-refractivity contribution is 7.13. The van der Waals surface area contributed by atoms with Gasteiger partial charge in [0.1, 0.15) is 5.75 Å². The first-order chi connectivity index (χ1) is 9.62. The Hall–Kier alpha value is -1.79. The molecule has 0 unspecified atom stereocenters. The minimum absolute atomic E-state index is 0.140. The largest absolute Gasteiger partial charge is 0.495 e. The summed E-state index contributed by atoms with van der Waals surface area (Å²) in [4.78, 5) is 16.2. The van der Waals surface area contributed by atoms with E-state index in [0.717, 1.165) is 10.8 Å². The van der Waals surface area contributed by atoms with Gasteiger partial charge in [0.05, 0.1) is 24.2 Å². The first-order valence-electron chi connectivity index (χ1n) is 5.88. The van der Waals surface area contributed by atoms with Crippen LogP contribution < -0.4 is 15.4 Å². The van der Waals surface area contributed by atoms with Crippen molar-refractivity contribution in [2.24, 2.45) is 0 Å². The van der Waals surface area contributed by atoms with Gasteiger partial charge < -0.3 is 15.4 Å². The lowest BCUT2D eigenvalue weighted by molar-refractivity contribution is -0.115. The standard InChI is InChI=1S/C13H14ClN3O2S/c1-15-13-17-9(7-20-13)6-12(18)16-8-3-4-11(19-2)10(14)5-8/h3-5,7H,6H2,1-2H3,(H,15,17)(H,16,18). The summed E-state index contributed by atoms with van der Waals surface area (Å²) in [6, 6.07) is 5.10. The van der Waals surface area contributed by atoms with E-state index in [4.69, 9.17) is 16.3 Å². The van der Waals surface area contributed by atoms with E-state index in [-0.39, 0.29) is 12.3 Å². The van der Waals surface area contributed by atoms with Gasteiger partial charge in [-0.2, -0.15) is 0 Å². The number of carbonyl (C=O) groups is 1. The molecule has 5 nitrogen and oxygen atoms in total. The number of amides is 1. The van der Waals surface area contributed by atoms with E-state index >= 15 is 0 Å². The Bertz CT molecular complexity index is 615. The van der Waals surface area contributed by atoms with E-state index in [1.807, 2.05) is 5.38 Å². The van der Waals surface area contributed by atoms with Crippen LogP contribution in [0.25, 0.3) is 0 Å². The number of ether oxygens (including phenoxy) is 1. The van der Waals surface area contributed by atoms with Crippen LogP contribution in [0.15, 0.2) is 23.6 Å². The normalized spacial score (nSPS) is 10.2. The molecule has 0 saturated heterocycles. The number of thiazole rings is 1. The molecule has 2 aromatic rings. The van der Waals surface area contributed by atoms with Crippen LogP contribution in [0.3, 0.4) is 0 Å². The van der Waals surface area contributed by atoms with Crippen LogP contribution in [0.2, 0.25) is 5.02 Å². The van der Waals surface area contributed by atoms with Gasteiger partial charge in [-0.05, 0) is 18.2 Å². The van der Waals surface area contributed by atoms with Crippen molar-refractivity contribution in [1.82, 2.24) is 4.98 Å². The van der Waals surface area contributed by atoms with Gasteiger partial charge in [0.2, 0.25) is 5.91 Å². The van der Waals surface area contributed by atoms with Crippen molar-refractivity contribution in [1.29, 1.82) is 0 Å². The predicted octanol–water partition coefficient (Wildman–Crippen LogP) is 3.03. The molecule has 1 aromatic carbocycles. The maximum Gasteiger partial charge on any atom is 0.230 e. The van der Waals surface area contributed by atoms with Crippen molar-refractivity contribution in [3.05, 3.63) is 34.3 Å². The zero-order valence-corrected chi connectivity index (χ0v) is 12.6. The zero-order valence-electron chi connectivity index (χ0n) is 11.1. The van der Waals surface area contributed by atoms with Gasteiger partial charge in [-0.15, -0.1) is 11.3 Å². The lowest BCUT2D eigenvalue weighted by Crippen LogP contribution is -2.14. The SMILES string of the molecule is CNc1nc(CC(=O)Nc2ccc(OC)c(Cl)c2)cs1. The Morgan fingerprint density at radius 2 is 2.30 bits per heavy atom. The summed E-state index contributed by atoms with van der Waals surface area (Å²) in [6.45, 7) is 0. The third-order valence-corrected chi connectivity index (χ3v) is 3.75. The molecule has 7 heteroatoms. The topological polar surface area (TPSA) is 63.2 Å². The van der Waals surface area contributed by atoms with Gasteiger partial charge in [0, 0.05) is 18.1 Å². The molecule has 0 aliphatic carbocycles. The summed E-state index contributed by atoms with van der Waals surface area (Å²) in [7, 11) is 3.34. The number of anilines is 2. The van der Waals surface area contributed by atoms with Crippen molar-refractivity contribution < 1.29 is 9.53 Å². The number of halogens is 1. The number of rotatable bonds is 5. The third-order valence-electron chi connectivity index (χ3n) is 2.54. The Kier molecular flexibility index (Phi) is 4.81. The van der Waals surface area contributed by atoms with Gasteiger partial charge in [0.15, 0.2) is 5.13 Å². The van der Waals surface area contributed by atoms with Crippen molar-refractivity contribution in [2.75, 3.05) is 24.8 Å². The number of aromatic nitrogens is 1. The molecule has 0 aliphatic heterocycles. The van der Waals surface area contributed by atoms with Crippen molar-refractivity contribution in [3.8, 4) is 5.75 Å². The quantitative estimate of drug-likeness (QED) is 0.891. The monoisotopic (exact) mass is 311 g/mol. The average Bonchev–Trinajstić information content (AvgIpc) is 2.86. The van der Waals surface area contributed by atoms with E-state index in [1.54, 1.807) is 32.4 Å². The fraction of sp³-hybridized carbons (Fsp3) is 0.231. The van der Waals surface area contributed by atoms with Crippen LogP contribution in [0, 0.1) is 0 Å². The first-order valence-corrected chi connectivity index (χ1v) is 7.13. The predicted molar refractivity (Wildman–Crippen MR) is 82.0 cm³/mol. The molecule has 0 radical (unpaired) electrons. The molecule has 0 spiro atoms. The molecular formula is C13H14ClN3O2S. The van der Waals surface area contributed by atoms with Crippen molar-refractivity contribution in [2.45, 2.75) is 6.42 Å². The maximum atomic E-state index is 11.9. The van der Waals surface area contributed by atoms with Crippen LogP contribution in [0.4, 0.5) is 10.8 Å². The number of carbonyl (C=O) groups excluding carboxylic acids is 1. The summed E-state index contributed by atoms with van der Waals surface area (Å²) >= 11 is 7.47. The highest BCUT2D eigenvalue weighted by Gasteiger charge is 2.09. The Morgan fingerprint density at radius 3 is 2.90 bits per heavy atom. The minimum atomic E-state index is -0.140. The minimum Gasteiger partial charge on any atom is -0.495 e. The van der Waals surface area contributed by atoms with Gasteiger partial charge >= 0.3 is 0 Å². The average molecular weight is 312 g/mol. The number of hydrogen-bond donors (Lipinski definition) is 2. The molecule has 0 aliphatic rings. The van der Waals surface area contributed by atoms with E-state index < -0.39 is 0 Å². The van der Waals surface area contributed by atoms with Gasteiger partial charge in [-0.1, -0.05) is 11.6 Å². The van der Waals surface area contributed by atoms with Crippen LogP contribution in [0.5, 0.6) is 5.75 Å². The number of benzene rings is 1. The molecule has 0 saturated carbocycles. The molecule has 0 fully saturated rings. The molecule has 0 atom stereocenters. The van der Waals surface area contributed by atoms with Crippen molar-refractivity contribution >= 4 is 39.7 Å². The van der Waals surface area contributed by atoms with Crippen LogP contribution in [-0.4, -0.2) is 25.0 Å². The third kappa shape index (κ3) is 3.61. The van der Waals surface area contributed by atoms with E-state index in [9.17, 15) is 4.79 Å². The Morgan fingerprint density at radius 1 is 1.50 bits per heavy atom. The summed E-state index contributed by atoms with van der Waals surface area (Å²) in [5.74, 6) is 0.432. The van der Waals surface area contributed by atoms with E-state index in [2.05, 4.69) is 15.6 Å². The molecule has 1 heterocycles. The molecule has 0 bridgehead atoms. The Labute approximate surface area is 125 Å². The molecule has 106 valence electrons. The van der Waals surface area contributed by atoms with Gasteiger partial charge in [-0.25, -0.2) is 4.98 Å². The Balaban J connectivity index is 1.99. The highest BCUT2D eigenvalue weighted by Crippen LogP contribution is 2.27. The van der Waals surface area contributed by atoms with Gasteiger partial charge in [0.25, 0.3) is 0 Å². The molecule has 1 amide bonds. The van der Waals surface area contributed by atoms with Crippen molar-refractivity contribution in [3.63, 3.8) is 0 Å². The number of nitrogens with zero attached hydrogens (tertiary/aromatic N) is 1. The molecular weight excluding hydrogens is 298 g/mol. The second-order valence-corrected chi connectivity index (χ2v) is 5.23. The first kappa shape index (κ1) is 14.6. The van der Waals surface area contributed by atoms with Gasteiger partial charge in [-0.3, -0.25) is 4.79 Å². The maximum absolute atomic E-state index is 11.9. The van der Waals surface area contributed by atoms with E-state index in [1.165, 1.54) is 11.3 Å². The fourth-order valence-electron chi connectivity index (χ4n) is 1.62. The number of methoxy groups -OCH3 is 1. The molecule has 2 rings (SSSR count). The van der Waals surface area contributed by atoms with E-state index in [0.29, 0.717) is 16.5 Å². The molecule has 2 N–H and O–H groups in total. The highest BCUT2D eigenvalue weighted by atomic mass is 35.5. The fourth-order valence-corrected chi connectivity index (χ4v) is 2.55. The smallest absolute Gasteiger partial charge is 0.230 e. The summed E-state index contributed by atoms with van der Waals surface area (Å²) < 4.78 is 5.06. The van der Waals surface area contributed by atoms with Crippen LogP contribution in [-0.2, 0) is 11.2 Å². The zero-order chi connectivity index (χ0) is 14.5. The second kappa shape index (κ2) is 6.58. The second-order valence-electron chi connectivity index (χ2n) is 3.97. The van der Waals surface area contributed by atoms with Crippen LogP contribution >= 0.6 is 22.9 Å². The molecule has 1 aromatic heterocycles. The number of nitrogens with one attached hydrogen (secondary N) is 2. The summed E-state index contributed by atoms with van der Waals surface area (Å²) in [6.07, 6.45) is 0.224. The lowest BCUT2D eigenvalue weighted by atomic mass is 10.2. The van der Waals surface area contributed by atoms with Crippen LogP contribution in [0.1, 0.15) is 5.69 Å².